The first kappa shape index (κ1) is 21.5. The Morgan fingerprint density at radius 2 is 2.16 bits per heavy atom. The molecule has 1 aromatic carbocycles. The minimum absolute atomic E-state index is 0.191. The third kappa shape index (κ3) is 4.48. The molecular weight excluding hydrogens is 411 g/mol. The number of aromatic nitrogens is 4. The van der Waals surface area contributed by atoms with Crippen molar-refractivity contribution in [1.29, 1.82) is 5.26 Å². The highest BCUT2D eigenvalue weighted by molar-refractivity contribution is 5.98. The molecule has 0 spiro atoms. The fraction of sp³-hybridized carbons (Fsp3) is 0.364. The SMILES string of the molecule is CCn1ccnc1CN1CC[C@@H](n2cc(C(N)=O)c(Nc3ccc(F)cc3)n2)[C@H](C#N)C1. The molecule has 2 atom stereocenters. The van der Waals surface area contributed by atoms with Crippen LogP contribution in [0.2, 0.25) is 0 Å². The van der Waals surface area contributed by atoms with Crippen LogP contribution in [0.4, 0.5) is 15.9 Å². The molecule has 1 saturated heterocycles. The maximum absolute atomic E-state index is 13.2. The molecule has 1 aliphatic rings. The predicted molar refractivity (Wildman–Crippen MR) is 116 cm³/mol. The van der Waals surface area contributed by atoms with Crippen LogP contribution in [0.1, 0.15) is 35.6 Å². The van der Waals surface area contributed by atoms with Crippen LogP contribution >= 0.6 is 0 Å². The summed E-state index contributed by atoms with van der Waals surface area (Å²) in [5.74, 6) is -0.0377. The zero-order chi connectivity index (χ0) is 22.7. The number of nitrogens with two attached hydrogens (primary N) is 1. The summed E-state index contributed by atoms with van der Waals surface area (Å²) in [6.45, 7) is 4.94. The molecule has 166 valence electrons. The maximum Gasteiger partial charge on any atom is 0.254 e. The van der Waals surface area contributed by atoms with Crippen molar-refractivity contribution in [3.8, 4) is 6.07 Å². The lowest BCUT2D eigenvalue weighted by Gasteiger charge is -2.35. The number of imidazole rings is 1. The summed E-state index contributed by atoms with van der Waals surface area (Å²) in [6.07, 6.45) is 6.02. The summed E-state index contributed by atoms with van der Waals surface area (Å²) in [5.41, 5.74) is 6.35. The number of anilines is 2. The number of nitriles is 1. The van der Waals surface area contributed by atoms with E-state index in [1.54, 1.807) is 29.2 Å². The average Bonchev–Trinajstić information content (AvgIpc) is 3.42. The minimum Gasteiger partial charge on any atom is -0.365 e. The molecule has 1 fully saturated rings. The van der Waals surface area contributed by atoms with E-state index in [1.165, 1.54) is 12.1 Å². The van der Waals surface area contributed by atoms with E-state index in [0.717, 1.165) is 18.9 Å². The van der Waals surface area contributed by atoms with Crippen molar-refractivity contribution in [3.63, 3.8) is 0 Å². The number of rotatable bonds is 7. The van der Waals surface area contributed by atoms with Crippen LogP contribution in [0.5, 0.6) is 0 Å². The highest BCUT2D eigenvalue weighted by Gasteiger charge is 2.32. The van der Waals surface area contributed by atoms with E-state index in [9.17, 15) is 14.4 Å². The van der Waals surface area contributed by atoms with Crippen LogP contribution in [0.15, 0.2) is 42.9 Å². The van der Waals surface area contributed by atoms with E-state index in [0.29, 0.717) is 25.2 Å². The van der Waals surface area contributed by atoms with Crippen LogP contribution in [0, 0.1) is 23.1 Å². The summed E-state index contributed by atoms with van der Waals surface area (Å²) in [7, 11) is 0. The second-order valence-electron chi connectivity index (χ2n) is 7.82. The van der Waals surface area contributed by atoms with E-state index in [2.05, 4.69) is 37.9 Å². The molecule has 0 radical (unpaired) electrons. The highest BCUT2D eigenvalue weighted by Crippen LogP contribution is 2.30. The number of nitrogens with zero attached hydrogens (tertiary/aromatic N) is 6. The third-order valence-electron chi connectivity index (χ3n) is 5.78. The van der Waals surface area contributed by atoms with Crippen LogP contribution in [-0.4, -0.2) is 43.2 Å². The van der Waals surface area contributed by atoms with Gasteiger partial charge >= 0.3 is 0 Å². The van der Waals surface area contributed by atoms with Gasteiger partial charge in [-0.25, -0.2) is 9.37 Å². The van der Waals surface area contributed by atoms with Crippen molar-refractivity contribution in [2.24, 2.45) is 11.7 Å². The van der Waals surface area contributed by atoms with Gasteiger partial charge in [-0.15, -0.1) is 0 Å². The van der Waals surface area contributed by atoms with E-state index in [-0.39, 0.29) is 29.2 Å². The quantitative estimate of drug-likeness (QED) is 0.588. The van der Waals surface area contributed by atoms with Crippen molar-refractivity contribution in [2.45, 2.75) is 32.5 Å². The Hall–Kier alpha value is -3.71. The van der Waals surface area contributed by atoms with Gasteiger partial charge in [0.05, 0.1) is 24.6 Å². The number of hydrogen-bond acceptors (Lipinski definition) is 6. The monoisotopic (exact) mass is 436 g/mol. The van der Waals surface area contributed by atoms with Crippen LogP contribution in [0.3, 0.4) is 0 Å². The summed E-state index contributed by atoms with van der Waals surface area (Å²) in [5, 5.41) is 17.4. The van der Waals surface area contributed by atoms with E-state index < -0.39 is 5.91 Å². The van der Waals surface area contributed by atoms with Gasteiger partial charge in [0.1, 0.15) is 17.2 Å². The number of nitrogens with one attached hydrogen (secondary N) is 1. The first-order chi connectivity index (χ1) is 15.5. The fourth-order valence-electron chi connectivity index (χ4n) is 4.08. The molecule has 3 aromatic rings. The molecule has 0 unspecified atom stereocenters. The molecule has 4 rings (SSSR count). The zero-order valence-electron chi connectivity index (χ0n) is 17.8. The molecule has 3 N–H and O–H groups in total. The third-order valence-corrected chi connectivity index (χ3v) is 5.78. The van der Waals surface area contributed by atoms with Gasteiger partial charge in [0.25, 0.3) is 5.91 Å². The Labute approximate surface area is 185 Å². The number of piperidine rings is 1. The Morgan fingerprint density at radius 1 is 1.38 bits per heavy atom. The highest BCUT2D eigenvalue weighted by atomic mass is 19.1. The van der Waals surface area contributed by atoms with E-state index >= 15 is 0 Å². The summed E-state index contributed by atoms with van der Waals surface area (Å²) < 4.78 is 16.9. The van der Waals surface area contributed by atoms with Crippen molar-refractivity contribution < 1.29 is 9.18 Å². The molecule has 1 amide bonds. The lowest BCUT2D eigenvalue weighted by molar-refractivity contribution is 0.1000. The molecule has 1 aliphatic heterocycles. The van der Waals surface area contributed by atoms with Gasteiger partial charge in [0, 0.05) is 43.9 Å². The van der Waals surface area contributed by atoms with Gasteiger partial charge in [-0.3, -0.25) is 14.4 Å². The molecule has 2 aromatic heterocycles. The largest absolute Gasteiger partial charge is 0.365 e. The van der Waals surface area contributed by atoms with Gasteiger partial charge in [0.2, 0.25) is 0 Å². The smallest absolute Gasteiger partial charge is 0.254 e. The number of amides is 1. The molecule has 0 aliphatic carbocycles. The van der Waals surface area contributed by atoms with Gasteiger partial charge < -0.3 is 15.6 Å². The van der Waals surface area contributed by atoms with E-state index in [4.69, 9.17) is 5.73 Å². The van der Waals surface area contributed by atoms with Crippen molar-refractivity contribution in [1.82, 2.24) is 24.2 Å². The second kappa shape index (κ2) is 9.20. The van der Waals surface area contributed by atoms with Crippen molar-refractivity contribution in [2.75, 3.05) is 18.4 Å². The first-order valence-corrected chi connectivity index (χ1v) is 10.5. The Balaban J connectivity index is 1.52. The standard InChI is InChI=1S/C22H25FN8O/c1-2-30-10-8-26-20(30)14-29-9-7-19(15(11-24)12-29)31-13-18(21(25)32)22(28-31)27-17-5-3-16(23)4-6-17/h3-6,8,10,13,15,19H,2,7,9,12,14H2,1H3,(H2,25,32)(H,27,28)/t15-,19-/m1/s1. The summed E-state index contributed by atoms with van der Waals surface area (Å²) >= 11 is 0. The van der Waals surface area contributed by atoms with Gasteiger partial charge in [-0.05, 0) is 37.6 Å². The van der Waals surface area contributed by atoms with Gasteiger partial charge in [0.15, 0.2) is 5.82 Å². The first-order valence-electron chi connectivity index (χ1n) is 10.5. The van der Waals surface area contributed by atoms with Crippen LogP contribution < -0.4 is 11.1 Å². The minimum atomic E-state index is -0.627. The maximum atomic E-state index is 13.2. The summed E-state index contributed by atoms with van der Waals surface area (Å²) in [4.78, 5) is 18.6. The number of benzene rings is 1. The van der Waals surface area contributed by atoms with Crippen LogP contribution in [0.25, 0.3) is 0 Å². The average molecular weight is 436 g/mol. The molecule has 0 saturated carbocycles. The zero-order valence-corrected chi connectivity index (χ0v) is 17.8. The molecule has 32 heavy (non-hydrogen) atoms. The number of carbonyl (C=O) groups excluding carboxylic acids is 1. The number of primary amides is 1. The predicted octanol–water partition coefficient (Wildman–Crippen LogP) is 2.67. The molecule has 9 nitrogen and oxygen atoms in total. The fourth-order valence-corrected chi connectivity index (χ4v) is 4.08. The normalized spacial score (nSPS) is 18.9. The molecule has 10 heteroatoms. The number of aryl methyl sites for hydroxylation is 1. The Morgan fingerprint density at radius 3 is 2.84 bits per heavy atom. The number of likely N-dealkylation sites (tertiary alicyclic amines) is 1. The Bertz CT molecular complexity index is 1130. The lowest BCUT2D eigenvalue weighted by atomic mass is 9.93. The molecule has 0 bridgehead atoms. The van der Waals surface area contributed by atoms with Gasteiger partial charge in [-0.1, -0.05) is 0 Å². The number of halogens is 1. The van der Waals surface area contributed by atoms with Crippen LogP contribution in [-0.2, 0) is 13.1 Å². The topological polar surface area (TPSA) is 118 Å². The summed E-state index contributed by atoms with van der Waals surface area (Å²) in [6, 6.07) is 7.94. The van der Waals surface area contributed by atoms with Crippen molar-refractivity contribution in [3.05, 3.63) is 60.1 Å². The molecular formula is C22H25FN8O. The lowest BCUT2D eigenvalue weighted by Crippen LogP contribution is -2.41. The number of hydrogen-bond donors (Lipinski definition) is 2. The van der Waals surface area contributed by atoms with Gasteiger partial charge in [-0.2, -0.15) is 10.4 Å². The number of carbonyl (C=O) groups is 1. The molecule has 3 heterocycles. The second-order valence-corrected chi connectivity index (χ2v) is 7.82. The van der Waals surface area contributed by atoms with E-state index in [1.807, 2.05) is 6.20 Å². The Kier molecular flexibility index (Phi) is 6.18. The van der Waals surface area contributed by atoms with Crippen molar-refractivity contribution >= 4 is 17.4 Å².